The molecule has 0 fully saturated rings. The molecule has 0 amide bonds. The first kappa shape index (κ1) is 8.26. The monoisotopic (exact) mass is 124 g/mol. The first-order chi connectivity index (χ1) is 4.12. The Labute approximate surface area is 56.4 Å². The molecule has 1 N–H and O–H groups in total. The summed E-state index contributed by atoms with van der Waals surface area (Å²) in [5.74, 6) is 2.45. The molecular formula is C8H12O. The highest BCUT2D eigenvalue weighted by Crippen LogP contribution is 2.11. The molecule has 0 aliphatic heterocycles. The van der Waals surface area contributed by atoms with E-state index >= 15 is 0 Å². The summed E-state index contributed by atoms with van der Waals surface area (Å²) in [7, 11) is 0. The van der Waals surface area contributed by atoms with E-state index in [4.69, 9.17) is 6.42 Å². The maximum Gasteiger partial charge on any atom is 0.0806 e. The van der Waals surface area contributed by atoms with Crippen LogP contribution in [0.1, 0.15) is 19.8 Å². The lowest BCUT2D eigenvalue weighted by Crippen LogP contribution is -2.19. The van der Waals surface area contributed by atoms with Crippen molar-refractivity contribution in [3.63, 3.8) is 0 Å². The van der Waals surface area contributed by atoms with Crippen LogP contribution in [0, 0.1) is 12.3 Å². The van der Waals surface area contributed by atoms with Gasteiger partial charge in [0.15, 0.2) is 0 Å². The van der Waals surface area contributed by atoms with Crippen molar-refractivity contribution < 1.29 is 5.11 Å². The molecule has 0 aliphatic carbocycles. The third-order valence-electron chi connectivity index (χ3n) is 1.22. The standard InChI is InChI=1S/C8H12O/c1-4-6-7-8(3,9)5-2/h1,5,9H,2,6-7H2,3H3/t8-/m0/s1. The Balaban J connectivity index is 3.61. The van der Waals surface area contributed by atoms with E-state index in [0.717, 1.165) is 0 Å². The molecule has 0 saturated heterocycles. The Morgan fingerprint density at radius 2 is 2.44 bits per heavy atom. The smallest absolute Gasteiger partial charge is 0.0806 e. The van der Waals surface area contributed by atoms with Crippen LogP contribution in [-0.4, -0.2) is 10.7 Å². The highest BCUT2D eigenvalue weighted by atomic mass is 16.3. The van der Waals surface area contributed by atoms with Gasteiger partial charge in [-0.2, -0.15) is 0 Å². The fraction of sp³-hybridized carbons (Fsp3) is 0.500. The van der Waals surface area contributed by atoms with Crippen molar-refractivity contribution in [2.24, 2.45) is 0 Å². The highest BCUT2D eigenvalue weighted by molar-refractivity contribution is 4.95. The van der Waals surface area contributed by atoms with Crippen molar-refractivity contribution in [3.05, 3.63) is 12.7 Å². The Bertz CT molecular complexity index is 128. The second-order valence-corrected chi connectivity index (χ2v) is 2.27. The van der Waals surface area contributed by atoms with Crippen LogP contribution in [0.5, 0.6) is 0 Å². The van der Waals surface area contributed by atoms with Crippen LogP contribution < -0.4 is 0 Å². The van der Waals surface area contributed by atoms with Gasteiger partial charge in [-0.05, 0) is 13.3 Å². The number of rotatable bonds is 3. The second kappa shape index (κ2) is 3.32. The molecule has 0 aromatic rings. The Hall–Kier alpha value is -0.740. The van der Waals surface area contributed by atoms with Gasteiger partial charge < -0.3 is 5.11 Å². The normalized spacial score (nSPS) is 15.7. The largest absolute Gasteiger partial charge is 0.386 e. The Morgan fingerprint density at radius 1 is 1.89 bits per heavy atom. The van der Waals surface area contributed by atoms with Crippen molar-refractivity contribution in [3.8, 4) is 12.3 Å². The van der Waals surface area contributed by atoms with Gasteiger partial charge in [-0.3, -0.25) is 0 Å². The topological polar surface area (TPSA) is 20.2 Å². The van der Waals surface area contributed by atoms with E-state index in [1.807, 2.05) is 0 Å². The van der Waals surface area contributed by atoms with Crippen LogP contribution in [0.15, 0.2) is 12.7 Å². The third kappa shape index (κ3) is 3.81. The zero-order chi connectivity index (χ0) is 7.33. The second-order valence-electron chi connectivity index (χ2n) is 2.27. The average Bonchev–Trinajstić information content (AvgIpc) is 1.84. The molecule has 0 unspecified atom stereocenters. The lowest BCUT2D eigenvalue weighted by Gasteiger charge is -2.15. The van der Waals surface area contributed by atoms with Gasteiger partial charge in [-0.15, -0.1) is 18.9 Å². The molecule has 1 heteroatoms. The van der Waals surface area contributed by atoms with Crippen molar-refractivity contribution in [2.45, 2.75) is 25.4 Å². The zero-order valence-corrected chi connectivity index (χ0v) is 5.72. The molecule has 0 spiro atoms. The van der Waals surface area contributed by atoms with Crippen LogP contribution in [0.4, 0.5) is 0 Å². The fourth-order valence-electron chi connectivity index (χ4n) is 0.427. The minimum atomic E-state index is -0.785. The van der Waals surface area contributed by atoms with Gasteiger partial charge in [0.25, 0.3) is 0 Å². The first-order valence-corrected chi connectivity index (χ1v) is 2.92. The molecule has 0 heterocycles. The number of terminal acetylenes is 1. The van der Waals surface area contributed by atoms with Gasteiger partial charge in [0.05, 0.1) is 5.60 Å². The van der Waals surface area contributed by atoms with Crippen molar-refractivity contribution in [1.29, 1.82) is 0 Å². The summed E-state index contributed by atoms with van der Waals surface area (Å²) < 4.78 is 0. The summed E-state index contributed by atoms with van der Waals surface area (Å²) in [5, 5.41) is 9.24. The zero-order valence-electron chi connectivity index (χ0n) is 5.72. The van der Waals surface area contributed by atoms with Gasteiger partial charge in [0, 0.05) is 6.42 Å². The van der Waals surface area contributed by atoms with E-state index in [0.29, 0.717) is 12.8 Å². The van der Waals surface area contributed by atoms with Crippen molar-refractivity contribution in [1.82, 2.24) is 0 Å². The van der Waals surface area contributed by atoms with Gasteiger partial charge >= 0.3 is 0 Å². The number of hydrogen-bond acceptors (Lipinski definition) is 1. The SMILES string of the molecule is C#CCC[C@@](C)(O)C=C. The van der Waals surface area contributed by atoms with Crippen LogP contribution in [0.2, 0.25) is 0 Å². The molecule has 50 valence electrons. The average molecular weight is 124 g/mol. The summed E-state index contributed by atoms with van der Waals surface area (Å²) in [5.41, 5.74) is -0.785. The maximum absolute atomic E-state index is 9.24. The van der Waals surface area contributed by atoms with Crippen LogP contribution >= 0.6 is 0 Å². The van der Waals surface area contributed by atoms with E-state index in [1.165, 1.54) is 6.08 Å². The van der Waals surface area contributed by atoms with E-state index in [2.05, 4.69) is 12.5 Å². The Kier molecular flexibility index (Phi) is 3.05. The van der Waals surface area contributed by atoms with E-state index in [-0.39, 0.29) is 0 Å². The van der Waals surface area contributed by atoms with Gasteiger partial charge in [0.1, 0.15) is 0 Å². The summed E-state index contributed by atoms with van der Waals surface area (Å²) >= 11 is 0. The van der Waals surface area contributed by atoms with E-state index in [1.54, 1.807) is 6.92 Å². The van der Waals surface area contributed by atoms with Gasteiger partial charge in [-0.1, -0.05) is 6.08 Å². The lowest BCUT2D eigenvalue weighted by molar-refractivity contribution is 0.104. The summed E-state index contributed by atoms with van der Waals surface area (Å²) in [4.78, 5) is 0. The number of aliphatic hydroxyl groups is 1. The molecule has 9 heavy (non-hydrogen) atoms. The molecule has 0 aliphatic rings. The molecular weight excluding hydrogens is 112 g/mol. The van der Waals surface area contributed by atoms with Crippen LogP contribution in [0.3, 0.4) is 0 Å². The summed E-state index contributed by atoms with van der Waals surface area (Å²) in [6.07, 6.45) is 7.69. The molecule has 0 aromatic carbocycles. The Morgan fingerprint density at radius 3 is 2.78 bits per heavy atom. The quantitative estimate of drug-likeness (QED) is 0.444. The van der Waals surface area contributed by atoms with E-state index < -0.39 is 5.60 Å². The molecule has 0 saturated carbocycles. The van der Waals surface area contributed by atoms with Gasteiger partial charge in [-0.25, -0.2) is 0 Å². The van der Waals surface area contributed by atoms with Crippen molar-refractivity contribution in [2.75, 3.05) is 0 Å². The minimum absolute atomic E-state index is 0.590. The van der Waals surface area contributed by atoms with Crippen LogP contribution in [0.25, 0.3) is 0 Å². The summed E-state index contributed by atoms with van der Waals surface area (Å²) in [6.45, 7) is 5.16. The predicted octanol–water partition coefficient (Wildman–Crippen LogP) is 1.34. The minimum Gasteiger partial charge on any atom is -0.386 e. The van der Waals surface area contributed by atoms with Gasteiger partial charge in [0.2, 0.25) is 0 Å². The molecule has 1 atom stereocenters. The molecule has 0 bridgehead atoms. The predicted molar refractivity (Wildman–Crippen MR) is 38.9 cm³/mol. The lowest BCUT2D eigenvalue weighted by atomic mass is 10.0. The maximum atomic E-state index is 9.24. The summed E-state index contributed by atoms with van der Waals surface area (Å²) in [6, 6.07) is 0. The highest BCUT2D eigenvalue weighted by Gasteiger charge is 2.12. The third-order valence-corrected chi connectivity index (χ3v) is 1.22. The first-order valence-electron chi connectivity index (χ1n) is 2.92. The molecule has 0 aromatic heterocycles. The molecule has 0 radical (unpaired) electrons. The van der Waals surface area contributed by atoms with E-state index in [9.17, 15) is 5.11 Å². The molecule has 0 rings (SSSR count). The fourth-order valence-corrected chi connectivity index (χ4v) is 0.427. The molecule has 1 nitrogen and oxygen atoms in total. The van der Waals surface area contributed by atoms with Crippen molar-refractivity contribution >= 4 is 0 Å². The van der Waals surface area contributed by atoms with Crippen LogP contribution in [-0.2, 0) is 0 Å². The number of hydrogen-bond donors (Lipinski definition) is 1.